The summed E-state index contributed by atoms with van der Waals surface area (Å²) >= 11 is 7.30. The number of nitrogens with one attached hydrogen (secondary N) is 1. The summed E-state index contributed by atoms with van der Waals surface area (Å²) in [6.07, 6.45) is 0. The molecule has 0 aliphatic carbocycles. The van der Waals surface area contributed by atoms with Crippen molar-refractivity contribution < 1.29 is 8.83 Å². The fraction of sp³-hybridized carbons (Fsp3) is 0. The number of benzene rings is 13. The van der Waals surface area contributed by atoms with Crippen molar-refractivity contribution in [3.05, 3.63) is 320 Å². The van der Waals surface area contributed by atoms with Gasteiger partial charge in [0.15, 0.2) is 0 Å². The Labute approximate surface area is 511 Å². The molecule has 4 nitrogen and oxygen atoms in total. The van der Waals surface area contributed by atoms with E-state index in [4.69, 9.17) is 8.83 Å². The summed E-state index contributed by atoms with van der Waals surface area (Å²) in [5, 5.41) is 8.35. The van der Waals surface area contributed by atoms with E-state index < -0.39 is 0 Å². The van der Waals surface area contributed by atoms with E-state index in [-0.39, 0.29) is 0 Å². The Morgan fingerprint density at radius 1 is 0.318 bits per heavy atom. The molecule has 7 heteroatoms. The minimum atomic E-state index is 0.857. The van der Waals surface area contributed by atoms with Gasteiger partial charge in [-0.25, -0.2) is 0 Å². The minimum absolute atomic E-state index is 0.857. The Hall–Kier alpha value is -9.76. The molecule has 0 radical (unpaired) electrons. The highest BCUT2D eigenvalue weighted by molar-refractivity contribution is 9.10. The van der Waals surface area contributed by atoms with E-state index in [2.05, 4.69) is 323 Å². The lowest BCUT2D eigenvalue weighted by atomic mass is 9.94. The molecule has 15 aromatic rings. The van der Waals surface area contributed by atoms with E-state index in [1.807, 2.05) is 18.2 Å². The van der Waals surface area contributed by atoms with E-state index in [1.165, 1.54) is 20.9 Å². The van der Waals surface area contributed by atoms with Gasteiger partial charge in [-0.05, 0) is 89.0 Å². The molecule has 0 amide bonds. The fourth-order valence-corrected chi connectivity index (χ4v) is 13.7. The lowest BCUT2D eigenvalue weighted by Gasteiger charge is -2.31. The van der Waals surface area contributed by atoms with Gasteiger partial charge in [-0.15, -0.1) is 0 Å². The molecule has 15 rings (SSSR count). The topological polar surface area (TPSA) is 41.6 Å². The van der Waals surface area contributed by atoms with Crippen LogP contribution in [0.1, 0.15) is 0 Å². The Morgan fingerprint density at radius 2 is 0.718 bits per heavy atom. The summed E-state index contributed by atoms with van der Waals surface area (Å²) < 4.78 is 14.0. The SMILES string of the molecule is Brc1cccc(N(c2cc(Sc3ccccc3)c3c(c2)oc2ccccc23)c2c(-c3ccccc3)cccc2-c2ccccc2)c1.c1ccc(Sc2cc(Nc3c(-c4ccccc4)cccc3-c3ccccc3)cc3oc4ccccc4c23)cc1. The molecule has 0 aliphatic rings. The number of nitrogens with zero attached hydrogens (tertiary/aromatic N) is 1. The average molecular weight is 1190 g/mol. The zero-order chi connectivity index (χ0) is 56.9. The molecule has 1 N–H and O–H groups in total. The molecule has 85 heavy (non-hydrogen) atoms. The van der Waals surface area contributed by atoms with Gasteiger partial charge in [-0.1, -0.05) is 276 Å². The lowest BCUT2D eigenvalue weighted by Crippen LogP contribution is -2.13. The van der Waals surface area contributed by atoms with Crippen LogP contribution >= 0.6 is 39.5 Å². The Balaban J connectivity index is 0.000000153. The Bertz CT molecular complexity index is 4690. The highest BCUT2D eigenvalue weighted by atomic mass is 79.9. The van der Waals surface area contributed by atoms with Crippen molar-refractivity contribution >= 4 is 112 Å². The van der Waals surface area contributed by atoms with Crippen LogP contribution in [0.2, 0.25) is 0 Å². The van der Waals surface area contributed by atoms with E-state index in [0.29, 0.717) is 0 Å². The van der Waals surface area contributed by atoms with Gasteiger partial charge in [0.1, 0.15) is 22.3 Å². The molecular formula is C78H53BrN2O2S2. The van der Waals surface area contributed by atoms with E-state index in [1.54, 1.807) is 23.5 Å². The molecule has 0 saturated heterocycles. The van der Waals surface area contributed by atoms with Crippen molar-refractivity contribution in [3.8, 4) is 44.5 Å². The van der Waals surface area contributed by atoms with Crippen LogP contribution in [0.3, 0.4) is 0 Å². The van der Waals surface area contributed by atoms with Crippen molar-refractivity contribution in [2.75, 3.05) is 10.2 Å². The standard InChI is InChI=1S/C42H28BrNOS.C36H25NOS/c43-31-18-12-19-32(26-31)44(42-35(29-14-4-1-5-15-29)23-13-24-36(42)30-16-6-2-7-17-30)33-27-39-41(37-22-10-11-25-38(37)45-39)40(28-33)46-34-20-8-3-9-21-34;1-4-13-25(14-5-1)29-20-12-21-30(26-15-6-2-7-16-26)36(29)37-27-23-33-35(31-19-10-11-22-32(31)38-33)34(24-27)39-28-17-8-3-9-18-28/h1-28H;1-24,37H. The first-order chi connectivity index (χ1) is 42.1. The van der Waals surface area contributed by atoms with Crippen LogP contribution in [0.4, 0.5) is 28.4 Å². The van der Waals surface area contributed by atoms with Crippen LogP contribution in [0, 0.1) is 0 Å². The smallest absolute Gasteiger partial charge is 0.138 e. The van der Waals surface area contributed by atoms with Crippen LogP contribution in [0.5, 0.6) is 0 Å². The zero-order valence-corrected chi connectivity index (χ0v) is 49.2. The summed E-state index contributed by atoms with van der Waals surface area (Å²) in [5.41, 5.74) is 18.0. The number of fused-ring (bicyclic) bond motifs is 6. The first-order valence-corrected chi connectivity index (χ1v) is 30.7. The monoisotopic (exact) mass is 1190 g/mol. The number of halogens is 1. The molecule has 0 atom stereocenters. The molecule has 0 saturated carbocycles. The second-order valence-corrected chi connectivity index (χ2v) is 23.7. The molecule has 13 aromatic carbocycles. The third kappa shape index (κ3) is 11.2. The number of para-hydroxylation sites is 4. The summed E-state index contributed by atoms with van der Waals surface area (Å²) in [5.74, 6) is 0. The zero-order valence-electron chi connectivity index (χ0n) is 46.0. The van der Waals surface area contributed by atoms with Gasteiger partial charge in [0, 0.05) is 91.4 Å². The van der Waals surface area contributed by atoms with Crippen LogP contribution < -0.4 is 10.2 Å². The van der Waals surface area contributed by atoms with Crippen molar-refractivity contribution in [3.63, 3.8) is 0 Å². The van der Waals surface area contributed by atoms with Gasteiger partial charge in [0.25, 0.3) is 0 Å². The predicted octanol–water partition coefficient (Wildman–Crippen LogP) is 24.1. The number of furan rings is 2. The molecule has 0 spiro atoms. The van der Waals surface area contributed by atoms with E-state index in [9.17, 15) is 0 Å². The normalized spacial score (nSPS) is 11.2. The molecule has 0 unspecified atom stereocenters. The highest BCUT2D eigenvalue weighted by Crippen LogP contribution is 2.51. The van der Waals surface area contributed by atoms with Crippen LogP contribution in [-0.4, -0.2) is 0 Å². The average Bonchev–Trinajstić information content (AvgIpc) is 2.79. The molecule has 2 aromatic heterocycles. The summed E-state index contributed by atoms with van der Waals surface area (Å²) in [4.78, 5) is 7.05. The van der Waals surface area contributed by atoms with Gasteiger partial charge in [-0.2, -0.15) is 0 Å². The molecule has 0 bridgehead atoms. The van der Waals surface area contributed by atoms with Crippen LogP contribution in [0.15, 0.2) is 348 Å². The molecule has 0 fully saturated rings. The molecule has 2 heterocycles. The third-order valence-corrected chi connectivity index (χ3v) is 17.7. The first-order valence-electron chi connectivity index (χ1n) is 28.2. The molecule has 0 aliphatic heterocycles. The number of hydrogen-bond acceptors (Lipinski definition) is 6. The third-order valence-electron chi connectivity index (χ3n) is 15.1. The van der Waals surface area contributed by atoms with Gasteiger partial charge < -0.3 is 19.1 Å². The summed E-state index contributed by atoms with van der Waals surface area (Å²) in [6.45, 7) is 0. The molecular weight excluding hydrogens is 1140 g/mol. The number of anilines is 5. The fourth-order valence-electron chi connectivity index (χ4n) is 11.3. The van der Waals surface area contributed by atoms with Gasteiger partial charge >= 0.3 is 0 Å². The quantitative estimate of drug-likeness (QED) is 0.124. The Kier molecular flexibility index (Phi) is 15.2. The maximum absolute atomic E-state index is 6.60. The largest absolute Gasteiger partial charge is 0.456 e. The number of hydrogen-bond donors (Lipinski definition) is 1. The lowest BCUT2D eigenvalue weighted by molar-refractivity contribution is 0.668. The van der Waals surface area contributed by atoms with Crippen molar-refractivity contribution in [2.24, 2.45) is 0 Å². The highest BCUT2D eigenvalue weighted by Gasteiger charge is 2.25. The van der Waals surface area contributed by atoms with Crippen molar-refractivity contribution in [1.82, 2.24) is 0 Å². The van der Waals surface area contributed by atoms with Crippen LogP contribution in [-0.2, 0) is 0 Å². The maximum Gasteiger partial charge on any atom is 0.138 e. The van der Waals surface area contributed by atoms with Crippen LogP contribution in [0.25, 0.3) is 88.4 Å². The minimum Gasteiger partial charge on any atom is -0.456 e. The number of rotatable bonds is 13. The first kappa shape index (κ1) is 53.3. The molecule has 406 valence electrons. The van der Waals surface area contributed by atoms with Crippen molar-refractivity contribution in [1.29, 1.82) is 0 Å². The Morgan fingerprint density at radius 3 is 1.20 bits per heavy atom. The van der Waals surface area contributed by atoms with Gasteiger partial charge in [-0.3, -0.25) is 0 Å². The predicted molar refractivity (Wildman–Crippen MR) is 362 cm³/mol. The summed E-state index contributed by atoms with van der Waals surface area (Å²) in [6, 6.07) is 111. The van der Waals surface area contributed by atoms with Gasteiger partial charge in [0.2, 0.25) is 0 Å². The second-order valence-electron chi connectivity index (χ2n) is 20.5. The summed E-state index contributed by atoms with van der Waals surface area (Å²) in [7, 11) is 0. The van der Waals surface area contributed by atoms with E-state index in [0.717, 1.165) is 120 Å². The second kappa shape index (κ2) is 24.2. The maximum atomic E-state index is 6.60. The van der Waals surface area contributed by atoms with Crippen molar-refractivity contribution in [2.45, 2.75) is 19.6 Å². The van der Waals surface area contributed by atoms with Gasteiger partial charge in [0.05, 0.1) is 17.1 Å². The van der Waals surface area contributed by atoms with E-state index >= 15 is 0 Å².